The second-order valence-corrected chi connectivity index (χ2v) is 3.83. The highest BCUT2D eigenvalue weighted by Crippen LogP contribution is 2.26. The van der Waals surface area contributed by atoms with Crippen molar-refractivity contribution in [2.45, 2.75) is 0 Å². The lowest BCUT2D eigenvalue weighted by molar-refractivity contribution is 0.475. The summed E-state index contributed by atoms with van der Waals surface area (Å²) in [6, 6.07) is 10.3. The number of aromatic nitrogens is 1. The molecule has 0 aliphatic rings. The molecule has 0 spiro atoms. The molecule has 0 fully saturated rings. The fraction of sp³-hybridized carbons (Fsp3) is 0. The van der Waals surface area contributed by atoms with Gasteiger partial charge in [-0.2, -0.15) is 0 Å². The van der Waals surface area contributed by atoms with Crippen molar-refractivity contribution in [2.24, 2.45) is 0 Å². The van der Waals surface area contributed by atoms with Crippen molar-refractivity contribution >= 4 is 23.2 Å². The zero-order chi connectivity index (χ0) is 10.8. The fourth-order valence-electron chi connectivity index (χ4n) is 1.32. The van der Waals surface area contributed by atoms with Crippen molar-refractivity contribution in [2.75, 3.05) is 0 Å². The van der Waals surface area contributed by atoms with Crippen LogP contribution < -0.4 is 0 Å². The number of halogens is 2. The summed E-state index contributed by atoms with van der Waals surface area (Å²) in [4.78, 5) is 3.85. The zero-order valence-electron chi connectivity index (χ0n) is 7.61. The number of aromatic hydroxyl groups is 1. The molecule has 2 rings (SSSR count). The molecular weight excluding hydrogens is 233 g/mol. The Balaban J connectivity index is 2.54. The first-order chi connectivity index (χ1) is 7.15. The molecule has 2 nitrogen and oxygen atoms in total. The molecule has 1 heterocycles. The number of phenolic OH excluding ortho intramolecular Hbond substituents is 1. The monoisotopic (exact) mass is 239 g/mol. The van der Waals surface area contributed by atoms with E-state index in [1.54, 1.807) is 30.3 Å². The van der Waals surface area contributed by atoms with E-state index in [-0.39, 0.29) is 5.75 Å². The molecule has 1 aromatic carbocycles. The molecule has 0 unspecified atom stereocenters. The van der Waals surface area contributed by atoms with Crippen LogP contribution in [0, 0.1) is 0 Å². The second-order valence-electron chi connectivity index (χ2n) is 3.05. The average Bonchev–Trinajstić information content (AvgIpc) is 2.16. The van der Waals surface area contributed by atoms with E-state index < -0.39 is 0 Å². The summed E-state index contributed by atoms with van der Waals surface area (Å²) in [5.41, 5.74) is 1.68. The van der Waals surface area contributed by atoms with E-state index >= 15 is 0 Å². The standard InChI is InChI=1S/C11H7Cl2NO/c12-10-5-8(6-11(13)14-10)7-2-1-3-9(15)4-7/h1-6,15H. The highest BCUT2D eigenvalue weighted by atomic mass is 35.5. The van der Waals surface area contributed by atoms with E-state index in [1.807, 2.05) is 6.07 Å². The molecule has 0 bridgehead atoms. The lowest BCUT2D eigenvalue weighted by atomic mass is 10.1. The topological polar surface area (TPSA) is 33.1 Å². The smallest absolute Gasteiger partial charge is 0.131 e. The van der Waals surface area contributed by atoms with Crippen LogP contribution >= 0.6 is 23.2 Å². The third-order valence-electron chi connectivity index (χ3n) is 1.94. The molecule has 4 heteroatoms. The first-order valence-electron chi connectivity index (χ1n) is 4.27. The fourth-order valence-corrected chi connectivity index (χ4v) is 1.78. The summed E-state index contributed by atoms with van der Waals surface area (Å²) in [6.45, 7) is 0. The van der Waals surface area contributed by atoms with Gasteiger partial charge in [0, 0.05) is 0 Å². The van der Waals surface area contributed by atoms with Crippen molar-refractivity contribution in [3.05, 3.63) is 46.7 Å². The van der Waals surface area contributed by atoms with Crippen LogP contribution in [0.5, 0.6) is 5.75 Å². The number of hydrogen-bond donors (Lipinski definition) is 1. The molecule has 76 valence electrons. The minimum absolute atomic E-state index is 0.205. The number of nitrogens with zero attached hydrogens (tertiary/aromatic N) is 1. The Morgan fingerprint density at radius 3 is 2.20 bits per heavy atom. The van der Waals surface area contributed by atoms with Crippen LogP contribution in [0.15, 0.2) is 36.4 Å². The van der Waals surface area contributed by atoms with Gasteiger partial charge in [0.05, 0.1) is 0 Å². The first kappa shape index (κ1) is 10.3. The minimum Gasteiger partial charge on any atom is -0.508 e. The number of benzene rings is 1. The van der Waals surface area contributed by atoms with Gasteiger partial charge in [-0.1, -0.05) is 35.3 Å². The summed E-state index contributed by atoms with van der Waals surface area (Å²) in [5.74, 6) is 0.205. The molecule has 0 amide bonds. The van der Waals surface area contributed by atoms with E-state index in [1.165, 1.54) is 0 Å². The van der Waals surface area contributed by atoms with Gasteiger partial charge in [0.25, 0.3) is 0 Å². The van der Waals surface area contributed by atoms with Crippen molar-refractivity contribution in [1.29, 1.82) is 0 Å². The zero-order valence-corrected chi connectivity index (χ0v) is 9.13. The summed E-state index contributed by atoms with van der Waals surface area (Å²) in [6.07, 6.45) is 0. The van der Waals surface area contributed by atoms with Crippen molar-refractivity contribution in [1.82, 2.24) is 4.98 Å². The van der Waals surface area contributed by atoms with Gasteiger partial charge in [0.1, 0.15) is 16.1 Å². The van der Waals surface area contributed by atoms with E-state index in [2.05, 4.69) is 4.98 Å². The van der Waals surface area contributed by atoms with Crippen LogP contribution in [-0.2, 0) is 0 Å². The van der Waals surface area contributed by atoms with Crippen LogP contribution in [0.1, 0.15) is 0 Å². The van der Waals surface area contributed by atoms with Crippen molar-refractivity contribution in [3.63, 3.8) is 0 Å². The van der Waals surface area contributed by atoms with E-state index in [9.17, 15) is 5.11 Å². The molecule has 15 heavy (non-hydrogen) atoms. The van der Waals surface area contributed by atoms with Gasteiger partial charge in [-0.25, -0.2) is 4.98 Å². The summed E-state index contributed by atoms with van der Waals surface area (Å²) >= 11 is 11.6. The van der Waals surface area contributed by atoms with Crippen LogP contribution in [-0.4, -0.2) is 10.1 Å². The highest BCUT2D eigenvalue weighted by molar-refractivity contribution is 6.32. The van der Waals surface area contributed by atoms with Gasteiger partial charge >= 0.3 is 0 Å². The summed E-state index contributed by atoms with van der Waals surface area (Å²) < 4.78 is 0. The highest BCUT2D eigenvalue weighted by Gasteiger charge is 2.02. The van der Waals surface area contributed by atoms with Gasteiger partial charge in [-0.05, 0) is 35.4 Å². The Kier molecular flexibility index (Phi) is 2.80. The number of pyridine rings is 1. The summed E-state index contributed by atoms with van der Waals surface area (Å²) in [5, 5.41) is 10.00. The molecule has 0 aliphatic carbocycles. The Bertz CT molecular complexity index is 479. The predicted molar refractivity (Wildman–Crippen MR) is 61.4 cm³/mol. The normalized spacial score (nSPS) is 10.3. The van der Waals surface area contributed by atoms with Crippen molar-refractivity contribution < 1.29 is 5.11 Å². The molecule has 0 saturated heterocycles. The molecule has 0 radical (unpaired) electrons. The Morgan fingerprint density at radius 1 is 0.933 bits per heavy atom. The van der Waals surface area contributed by atoms with Gasteiger partial charge < -0.3 is 5.11 Å². The predicted octanol–water partition coefficient (Wildman–Crippen LogP) is 3.76. The largest absolute Gasteiger partial charge is 0.508 e. The van der Waals surface area contributed by atoms with Gasteiger partial charge in [-0.3, -0.25) is 0 Å². The molecular formula is C11H7Cl2NO. The van der Waals surface area contributed by atoms with E-state index in [4.69, 9.17) is 23.2 Å². The van der Waals surface area contributed by atoms with Gasteiger partial charge in [-0.15, -0.1) is 0 Å². The van der Waals surface area contributed by atoms with Gasteiger partial charge in [0.2, 0.25) is 0 Å². The molecule has 0 saturated carbocycles. The second kappa shape index (κ2) is 4.09. The van der Waals surface area contributed by atoms with E-state index in [0.717, 1.165) is 11.1 Å². The average molecular weight is 240 g/mol. The van der Waals surface area contributed by atoms with Crippen LogP contribution in [0.2, 0.25) is 10.3 Å². The maximum absolute atomic E-state index is 9.33. The summed E-state index contributed by atoms with van der Waals surface area (Å²) in [7, 11) is 0. The Morgan fingerprint density at radius 2 is 1.60 bits per heavy atom. The third kappa shape index (κ3) is 2.41. The number of phenols is 1. The molecule has 1 N–H and O–H groups in total. The first-order valence-corrected chi connectivity index (χ1v) is 5.03. The third-order valence-corrected chi connectivity index (χ3v) is 2.33. The SMILES string of the molecule is Oc1cccc(-c2cc(Cl)nc(Cl)c2)c1. The van der Waals surface area contributed by atoms with Crippen LogP contribution in [0.25, 0.3) is 11.1 Å². The Hall–Kier alpha value is -1.25. The minimum atomic E-state index is 0.205. The lowest BCUT2D eigenvalue weighted by Gasteiger charge is -2.03. The van der Waals surface area contributed by atoms with Crippen molar-refractivity contribution in [3.8, 4) is 16.9 Å². The van der Waals surface area contributed by atoms with Crippen LogP contribution in [0.4, 0.5) is 0 Å². The lowest BCUT2D eigenvalue weighted by Crippen LogP contribution is -1.81. The maximum Gasteiger partial charge on any atom is 0.131 e. The quantitative estimate of drug-likeness (QED) is 0.769. The molecule has 2 aromatic rings. The molecule has 1 aromatic heterocycles. The number of rotatable bonds is 1. The van der Waals surface area contributed by atoms with E-state index in [0.29, 0.717) is 10.3 Å². The maximum atomic E-state index is 9.33. The number of hydrogen-bond acceptors (Lipinski definition) is 2. The Labute approximate surface area is 97.1 Å². The van der Waals surface area contributed by atoms with Crippen LogP contribution in [0.3, 0.4) is 0 Å². The van der Waals surface area contributed by atoms with Gasteiger partial charge in [0.15, 0.2) is 0 Å². The molecule has 0 atom stereocenters. The molecule has 0 aliphatic heterocycles.